The van der Waals surface area contributed by atoms with Gasteiger partial charge >= 0.3 is 6.09 Å². The molecule has 2 amide bonds. The Morgan fingerprint density at radius 2 is 1.81 bits per heavy atom. The number of carbonyl (C=O) groups excluding carboxylic acids is 3. The Morgan fingerprint density at radius 1 is 1.11 bits per heavy atom. The lowest BCUT2D eigenvalue weighted by atomic mass is 10.0. The van der Waals surface area contributed by atoms with Gasteiger partial charge in [0, 0.05) is 24.4 Å². The molecule has 0 saturated heterocycles. The van der Waals surface area contributed by atoms with Crippen molar-refractivity contribution >= 4 is 35.0 Å². The van der Waals surface area contributed by atoms with Gasteiger partial charge in [0.25, 0.3) is 0 Å². The summed E-state index contributed by atoms with van der Waals surface area (Å²) in [6, 6.07) is 11.2. The van der Waals surface area contributed by atoms with E-state index in [2.05, 4.69) is 15.6 Å². The van der Waals surface area contributed by atoms with Crippen molar-refractivity contribution in [1.29, 1.82) is 0 Å². The van der Waals surface area contributed by atoms with Crippen LogP contribution in [0.2, 0.25) is 0 Å². The molecule has 188 valence electrons. The quantitative estimate of drug-likeness (QED) is 0.467. The van der Waals surface area contributed by atoms with E-state index in [0.717, 1.165) is 11.3 Å². The third kappa shape index (κ3) is 5.17. The molecule has 4 N–H and O–H groups in total. The van der Waals surface area contributed by atoms with Crippen LogP contribution in [0.3, 0.4) is 0 Å². The van der Waals surface area contributed by atoms with Gasteiger partial charge in [0.1, 0.15) is 11.4 Å². The molecule has 2 aromatic heterocycles. The summed E-state index contributed by atoms with van der Waals surface area (Å²) < 4.78 is 6.89. The second-order valence-corrected chi connectivity index (χ2v) is 9.78. The van der Waals surface area contributed by atoms with Gasteiger partial charge in [-0.3, -0.25) is 19.2 Å². The maximum atomic E-state index is 13.4. The first kappa shape index (κ1) is 24.8. The van der Waals surface area contributed by atoms with Crippen molar-refractivity contribution in [1.82, 2.24) is 14.6 Å². The topological polar surface area (TPSA) is 132 Å². The summed E-state index contributed by atoms with van der Waals surface area (Å²) >= 11 is 0. The maximum Gasteiger partial charge on any atom is 0.411 e. The molecule has 1 aliphatic rings. The third-order valence-electron chi connectivity index (χ3n) is 5.57. The fourth-order valence-corrected chi connectivity index (χ4v) is 4.05. The van der Waals surface area contributed by atoms with Crippen LogP contribution in [0.5, 0.6) is 0 Å². The Bertz CT molecular complexity index is 1340. The molecule has 10 nitrogen and oxygen atoms in total. The number of aromatic nitrogens is 2. The number of benzene rings is 1. The second kappa shape index (κ2) is 9.37. The van der Waals surface area contributed by atoms with Gasteiger partial charge in [-0.1, -0.05) is 17.7 Å². The van der Waals surface area contributed by atoms with Crippen molar-refractivity contribution in [3.8, 4) is 11.3 Å². The molecule has 0 unspecified atom stereocenters. The minimum Gasteiger partial charge on any atom is -0.444 e. The van der Waals surface area contributed by atoms with Crippen LogP contribution in [0, 0.1) is 6.92 Å². The molecule has 0 radical (unpaired) electrons. The molecule has 3 heterocycles. The molecule has 3 aromatic rings. The molecular weight excluding hydrogens is 460 g/mol. The number of ether oxygens (including phenoxy) is 1. The maximum absolute atomic E-state index is 13.4. The minimum absolute atomic E-state index is 0.0959. The molecule has 0 aliphatic carbocycles. The van der Waals surface area contributed by atoms with Crippen molar-refractivity contribution < 1.29 is 19.1 Å². The summed E-state index contributed by atoms with van der Waals surface area (Å²) in [6.45, 7) is 8.65. The van der Waals surface area contributed by atoms with Crippen LogP contribution in [0.4, 0.5) is 22.0 Å². The van der Waals surface area contributed by atoms with E-state index in [1.165, 1.54) is 16.5 Å². The Balaban J connectivity index is 1.83. The van der Waals surface area contributed by atoms with E-state index >= 15 is 0 Å². The number of anilines is 3. The lowest BCUT2D eigenvalue weighted by Gasteiger charge is -2.29. The van der Waals surface area contributed by atoms with Gasteiger partial charge in [0.05, 0.1) is 35.7 Å². The number of rotatable bonds is 4. The number of nitrogens with one attached hydrogen (secondary N) is 2. The van der Waals surface area contributed by atoms with Crippen molar-refractivity contribution in [3.05, 3.63) is 59.4 Å². The predicted molar refractivity (Wildman–Crippen MR) is 138 cm³/mol. The predicted octanol–water partition coefficient (Wildman–Crippen LogP) is 4.21. The van der Waals surface area contributed by atoms with E-state index in [-0.39, 0.29) is 24.8 Å². The largest absolute Gasteiger partial charge is 0.444 e. The minimum atomic E-state index is -0.703. The van der Waals surface area contributed by atoms with Crippen molar-refractivity contribution in [2.75, 3.05) is 23.0 Å². The number of amides is 2. The van der Waals surface area contributed by atoms with Gasteiger partial charge in [-0.25, -0.2) is 9.78 Å². The highest BCUT2D eigenvalue weighted by molar-refractivity contribution is 6.09. The van der Waals surface area contributed by atoms with E-state index < -0.39 is 11.7 Å². The number of pyridine rings is 1. The molecule has 4 rings (SSSR count). The molecule has 1 aromatic carbocycles. The van der Waals surface area contributed by atoms with Crippen LogP contribution >= 0.6 is 0 Å². The fraction of sp³-hybridized carbons (Fsp3) is 0.308. The van der Waals surface area contributed by atoms with E-state index in [0.29, 0.717) is 34.0 Å². The van der Waals surface area contributed by atoms with Crippen LogP contribution in [-0.2, 0) is 16.1 Å². The first-order valence-corrected chi connectivity index (χ1v) is 11.5. The lowest BCUT2D eigenvalue weighted by Crippen LogP contribution is -2.43. The van der Waals surface area contributed by atoms with Crippen molar-refractivity contribution in [2.24, 2.45) is 0 Å². The third-order valence-corrected chi connectivity index (χ3v) is 5.57. The summed E-state index contributed by atoms with van der Waals surface area (Å²) in [5.74, 6) is 6.40. The zero-order valence-corrected chi connectivity index (χ0v) is 21.0. The highest BCUT2D eigenvalue weighted by Crippen LogP contribution is 2.40. The number of hydrogen-bond acceptors (Lipinski definition) is 7. The van der Waals surface area contributed by atoms with E-state index in [4.69, 9.17) is 10.6 Å². The van der Waals surface area contributed by atoms with Crippen LogP contribution in [0.1, 0.15) is 49.3 Å². The van der Waals surface area contributed by atoms with Gasteiger partial charge in [-0.05, 0) is 52.0 Å². The number of nitrogen functional groups attached to an aromatic ring is 1. The summed E-state index contributed by atoms with van der Waals surface area (Å²) in [4.78, 5) is 43.3. The zero-order chi connectivity index (χ0) is 26.2. The molecule has 0 atom stereocenters. The molecule has 0 spiro atoms. The number of nitrogens with zero attached hydrogens (tertiary/aromatic N) is 3. The fourth-order valence-electron chi connectivity index (χ4n) is 4.05. The Hall–Kier alpha value is -4.34. The molecule has 10 heteroatoms. The number of nitrogens with two attached hydrogens (primary N) is 1. The molecule has 0 bridgehead atoms. The number of Topliss-reactive ketones (excluding diaryl/α,β-unsaturated/α-hetero) is 1. The van der Waals surface area contributed by atoms with Crippen LogP contribution in [0.25, 0.3) is 11.3 Å². The highest BCUT2D eigenvalue weighted by Gasteiger charge is 2.36. The Kier molecular flexibility index (Phi) is 6.45. The van der Waals surface area contributed by atoms with Gasteiger partial charge < -0.3 is 21.2 Å². The molecule has 36 heavy (non-hydrogen) atoms. The van der Waals surface area contributed by atoms with Crippen LogP contribution in [0.15, 0.2) is 42.6 Å². The molecular formula is C26H30N6O4. The monoisotopic (exact) mass is 490 g/mol. The van der Waals surface area contributed by atoms with Gasteiger partial charge in [-0.15, -0.1) is 0 Å². The summed E-state index contributed by atoms with van der Waals surface area (Å²) in [5, 5.41) is 6.02. The van der Waals surface area contributed by atoms with Gasteiger partial charge in [0.2, 0.25) is 5.91 Å². The number of carbonyl (C=O) groups is 3. The number of fused-ring (bicyclic) bond motifs is 1. The number of hydrogen-bond donors (Lipinski definition) is 3. The van der Waals surface area contributed by atoms with Crippen LogP contribution in [-0.4, -0.2) is 44.5 Å². The van der Waals surface area contributed by atoms with E-state index in [1.54, 1.807) is 39.1 Å². The summed E-state index contributed by atoms with van der Waals surface area (Å²) in [6.07, 6.45) is 0.964. The van der Waals surface area contributed by atoms with Crippen molar-refractivity contribution in [2.45, 2.75) is 46.8 Å². The number of ketones is 1. The Morgan fingerprint density at radius 3 is 2.44 bits per heavy atom. The summed E-state index contributed by atoms with van der Waals surface area (Å²) in [5.41, 5.74) is 3.72. The van der Waals surface area contributed by atoms with Gasteiger partial charge in [0.15, 0.2) is 5.78 Å². The normalized spacial score (nSPS) is 13.2. The average Bonchev–Trinajstić information content (AvgIpc) is 3.05. The lowest BCUT2D eigenvalue weighted by molar-refractivity contribution is -0.114. The smallest absolute Gasteiger partial charge is 0.411 e. The highest BCUT2D eigenvalue weighted by atomic mass is 16.6. The SMILES string of the molecule is CC(=O)Nc1cc(-c2c(Nc3ccc(C)cc3)c3c(n2N)CN(C(=O)OC(C)(C)C)CC3=O)ccn1. The summed E-state index contributed by atoms with van der Waals surface area (Å²) in [7, 11) is 0. The Labute approximate surface area is 209 Å². The zero-order valence-electron chi connectivity index (χ0n) is 21.0. The van der Waals surface area contributed by atoms with E-state index in [9.17, 15) is 14.4 Å². The first-order chi connectivity index (χ1) is 16.9. The molecule has 0 saturated carbocycles. The molecule has 0 fully saturated rings. The standard InChI is InChI=1S/C26H30N6O4/c1-15-6-8-18(9-7-15)30-23-22-19(13-31(14-20(22)34)25(35)36-26(3,4)5)32(27)24(23)17-10-11-28-21(12-17)29-16(2)33/h6-12,30H,13-14,27H2,1-5H3,(H,28,29,33). The van der Waals surface area contributed by atoms with Crippen LogP contribution < -0.4 is 16.5 Å². The van der Waals surface area contributed by atoms with E-state index in [1.807, 2.05) is 31.2 Å². The number of aryl methyl sites for hydroxylation is 1. The second-order valence-electron chi connectivity index (χ2n) is 9.78. The van der Waals surface area contributed by atoms with Crippen molar-refractivity contribution in [3.63, 3.8) is 0 Å². The van der Waals surface area contributed by atoms with Gasteiger partial charge in [-0.2, -0.15) is 0 Å². The first-order valence-electron chi connectivity index (χ1n) is 11.5. The average molecular weight is 491 g/mol. The molecule has 1 aliphatic heterocycles.